The van der Waals surface area contributed by atoms with Crippen molar-refractivity contribution in [3.8, 4) is 11.3 Å². The quantitative estimate of drug-likeness (QED) is 0.293. The minimum atomic E-state index is -1.05. The van der Waals surface area contributed by atoms with E-state index < -0.39 is 36.0 Å². The first-order valence-corrected chi connectivity index (χ1v) is 16.6. The maximum Gasteiger partial charge on any atom is 0.318 e. The van der Waals surface area contributed by atoms with Gasteiger partial charge in [-0.2, -0.15) is 0 Å². The SMILES string of the molecule is O=C(NC1CCCC1)c1ccc(-c2csc(NC(=O)[C@@H]3C[C@H](O)CN3C(=O)[C@H](NC(=O)N3CCOCC3)c3ccccc3)n2)cc1. The van der Waals surface area contributed by atoms with Gasteiger partial charge in [-0.05, 0) is 30.5 Å². The summed E-state index contributed by atoms with van der Waals surface area (Å²) in [5, 5.41) is 21.4. The first-order valence-electron chi connectivity index (χ1n) is 15.7. The van der Waals surface area contributed by atoms with E-state index in [4.69, 9.17) is 4.74 Å². The van der Waals surface area contributed by atoms with Gasteiger partial charge in [0.15, 0.2) is 5.13 Å². The number of carbonyl (C=O) groups excluding carboxylic acids is 4. The second-order valence-electron chi connectivity index (χ2n) is 11.8. The summed E-state index contributed by atoms with van der Waals surface area (Å²) < 4.78 is 5.34. The normalized spacial score (nSPS) is 20.7. The number of hydrogen-bond donors (Lipinski definition) is 4. The van der Waals surface area contributed by atoms with Crippen LogP contribution in [0.3, 0.4) is 0 Å². The fourth-order valence-corrected chi connectivity index (χ4v) is 6.89. The summed E-state index contributed by atoms with van der Waals surface area (Å²) in [4.78, 5) is 60.7. The molecule has 3 aromatic rings. The van der Waals surface area contributed by atoms with Gasteiger partial charge in [-0.15, -0.1) is 11.3 Å². The van der Waals surface area contributed by atoms with Crippen molar-refractivity contribution in [2.24, 2.45) is 0 Å². The van der Waals surface area contributed by atoms with Crippen LogP contribution in [0, 0.1) is 0 Å². The molecule has 5 amide bonds. The van der Waals surface area contributed by atoms with Gasteiger partial charge in [0.1, 0.15) is 12.1 Å². The van der Waals surface area contributed by atoms with Crippen molar-refractivity contribution < 1.29 is 29.0 Å². The molecule has 0 unspecified atom stereocenters. The number of thiazole rings is 1. The lowest BCUT2D eigenvalue weighted by atomic mass is 10.0. The van der Waals surface area contributed by atoms with Crippen LogP contribution in [0.5, 0.6) is 0 Å². The van der Waals surface area contributed by atoms with Crippen molar-refractivity contribution >= 4 is 40.2 Å². The van der Waals surface area contributed by atoms with E-state index in [1.165, 1.54) is 16.2 Å². The van der Waals surface area contributed by atoms with Crippen LogP contribution < -0.4 is 16.0 Å². The number of aromatic nitrogens is 1. The van der Waals surface area contributed by atoms with E-state index in [-0.39, 0.29) is 24.9 Å². The molecule has 3 aliphatic rings. The molecule has 2 aliphatic heterocycles. The van der Waals surface area contributed by atoms with Crippen LogP contribution >= 0.6 is 11.3 Å². The standard InChI is InChI=1S/C33H38N6O6S/c40-25-18-27(39(19-25)31(43)28(22-6-2-1-3-7-22)36-33(44)38-14-16-45-17-15-38)30(42)37-32-35-26(20-46-32)21-10-12-23(13-11-21)29(41)34-24-8-4-5-9-24/h1-3,6-7,10-13,20,24-25,27-28,40H,4-5,8-9,14-19H2,(H,34,41)(H,36,44)(H,35,37,42)/t25-,27-,28+/m0/s1. The van der Waals surface area contributed by atoms with Gasteiger partial charge in [0, 0.05) is 48.6 Å². The fourth-order valence-electron chi connectivity index (χ4n) is 6.17. The van der Waals surface area contributed by atoms with Crippen molar-refractivity contribution in [2.75, 3.05) is 38.2 Å². The number of urea groups is 1. The Labute approximate surface area is 271 Å². The Morgan fingerprint density at radius 2 is 1.70 bits per heavy atom. The number of rotatable bonds is 8. The van der Waals surface area contributed by atoms with Gasteiger partial charge in [0.05, 0.1) is 25.0 Å². The predicted molar refractivity (Wildman–Crippen MR) is 172 cm³/mol. The number of nitrogens with one attached hydrogen (secondary N) is 3. The highest BCUT2D eigenvalue weighted by Crippen LogP contribution is 2.29. The molecule has 4 N–H and O–H groups in total. The highest BCUT2D eigenvalue weighted by atomic mass is 32.1. The number of aliphatic hydroxyl groups is 1. The summed E-state index contributed by atoms with van der Waals surface area (Å²) in [6, 6.07) is 13.9. The molecule has 3 fully saturated rings. The Morgan fingerprint density at radius 3 is 2.41 bits per heavy atom. The van der Waals surface area contributed by atoms with E-state index in [0.29, 0.717) is 48.3 Å². The molecule has 1 saturated carbocycles. The number of anilines is 1. The Hall–Kier alpha value is -4.33. The maximum absolute atomic E-state index is 14.0. The van der Waals surface area contributed by atoms with E-state index in [0.717, 1.165) is 31.2 Å². The van der Waals surface area contributed by atoms with E-state index >= 15 is 0 Å². The third-order valence-corrected chi connectivity index (χ3v) is 9.44. The minimum absolute atomic E-state index is 0.0442. The molecular weight excluding hydrogens is 608 g/mol. The topological polar surface area (TPSA) is 153 Å². The monoisotopic (exact) mass is 646 g/mol. The number of hydrogen-bond acceptors (Lipinski definition) is 8. The van der Waals surface area contributed by atoms with Crippen LogP contribution in [-0.4, -0.2) is 94.7 Å². The van der Waals surface area contributed by atoms with Gasteiger partial charge in [-0.3, -0.25) is 14.4 Å². The molecule has 13 heteroatoms. The van der Waals surface area contributed by atoms with Gasteiger partial charge < -0.3 is 35.6 Å². The van der Waals surface area contributed by atoms with Crippen LogP contribution in [0.1, 0.15) is 54.1 Å². The summed E-state index contributed by atoms with van der Waals surface area (Å²) in [6.07, 6.45) is 3.47. The van der Waals surface area contributed by atoms with Crippen molar-refractivity contribution in [3.05, 3.63) is 71.1 Å². The molecule has 6 rings (SSSR count). The van der Waals surface area contributed by atoms with Crippen molar-refractivity contribution in [2.45, 2.75) is 56.3 Å². The van der Waals surface area contributed by atoms with Gasteiger partial charge in [-0.1, -0.05) is 55.3 Å². The third kappa shape index (κ3) is 7.38. The lowest BCUT2D eigenvalue weighted by molar-refractivity contribution is -0.138. The zero-order valence-corrected chi connectivity index (χ0v) is 26.2. The number of ether oxygens (including phenoxy) is 1. The number of benzene rings is 2. The molecule has 46 heavy (non-hydrogen) atoms. The van der Waals surface area contributed by atoms with Crippen LogP contribution in [0.4, 0.5) is 9.93 Å². The summed E-state index contributed by atoms with van der Waals surface area (Å²) in [7, 11) is 0. The van der Waals surface area contributed by atoms with Crippen molar-refractivity contribution in [1.29, 1.82) is 0 Å². The molecule has 1 aromatic heterocycles. The first kappa shape index (κ1) is 31.6. The number of carbonyl (C=O) groups is 4. The highest BCUT2D eigenvalue weighted by Gasteiger charge is 2.42. The molecule has 0 bridgehead atoms. The van der Waals surface area contributed by atoms with Gasteiger partial charge >= 0.3 is 6.03 Å². The van der Waals surface area contributed by atoms with E-state index in [1.807, 2.05) is 23.6 Å². The molecule has 3 heterocycles. The Balaban J connectivity index is 1.12. The van der Waals surface area contributed by atoms with Crippen molar-refractivity contribution in [1.82, 2.24) is 25.4 Å². The van der Waals surface area contributed by atoms with Gasteiger partial charge in [-0.25, -0.2) is 9.78 Å². The molecular formula is C33H38N6O6S. The van der Waals surface area contributed by atoms with E-state index in [1.54, 1.807) is 41.3 Å². The molecule has 2 aromatic carbocycles. The Kier molecular flexibility index (Phi) is 9.91. The molecule has 0 radical (unpaired) electrons. The average Bonchev–Trinajstić information content (AvgIpc) is 3.86. The second kappa shape index (κ2) is 14.4. The fraction of sp³-hybridized carbons (Fsp3) is 0.424. The maximum atomic E-state index is 14.0. The first-order chi connectivity index (χ1) is 22.4. The number of morpholine rings is 1. The van der Waals surface area contributed by atoms with E-state index in [9.17, 15) is 24.3 Å². The zero-order chi connectivity index (χ0) is 32.0. The minimum Gasteiger partial charge on any atom is -0.391 e. The lowest BCUT2D eigenvalue weighted by Crippen LogP contribution is -2.52. The van der Waals surface area contributed by atoms with Crippen LogP contribution in [-0.2, 0) is 14.3 Å². The average molecular weight is 647 g/mol. The molecule has 242 valence electrons. The number of amides is 5. The zero-order valence-electron chi connectivity index (χ0n) is 25.4. The molecule has 12 nitrogen and oxygen atoms in total. The number of aliphatic hydroxyl groups excluding tert-OH is 1. The van der Waals surface area contributed by atoms with Crippen LogP contribution in [0.2, 0.25) is 0 Å². The highest BCUT2D eigenvalue weighted by molar-refractivity contribution is 7.14. The van der Waals surface area contributed by atoms with Crippen LogP contribution in [0.15, 0.2) is 60.0 Å². The molecule has 0 spiro atoms. The predicted octanol–water partition coefficient (Wildman–Crippen LogP) is 3.17. The molecule has 2 saturated heterocycles. The molecule has 1 aliphatic carbocycles. The van der Waals surface area contributed by atoms with Gasteiger partial charge in [0.25, 0.3) is 11.8 Å². The Morgan fingerprint density at radius 1 is 0.978 bits per heavy atom. The second-order valence-corrected chi connectivity index (χ2v) is 12.7. The number of β-amino-alcohol motifs (C(OH)–C–C–N with tert-alkyl or cyclic N) is 1. The summed E-state index contributed by atoms with van der Waals surface area (Å²) in [5.74, 6) is -1.05. The lowest BCUT2D eigenvalue weighted by Gasteiger charge is -2.32. The third-order valence-electron chi connectivity index (χ3n) is 8.68. The summed E-state index contributed by atoms with van der Waals surface area (Å²) in [5.41, 5.74) is 2.58. The summed E-state index contributed by atoms with van der Waals surface area (Å²) in [6.45, 7) is 1.60. The molecule has 3 atom stereocenters. The van der Waals surface area contributed by atoms with Crippen molar-refractivity contribution in [3.63, 3.8) is 0 Å². The number of likely N-dealkylation sites (tertiary alicyclic amines) is 1. The number of nitrogens with zero attached hydrogens (tertiary/aromatic N) is 3. The van der Waals surface area contributed by atoms with Crippen LogP contribution in [0.25, 0.3) is 11.3 Å². The summed E-state index contributed by atoms with van der Waals surface area (Å²) >= 11 is 1.24. The smallest absolute Gasteiger partial charge is 0.318 e. The Bertz CT molecular complexity index is 1540. The largest absolute Gasteiger partial charge is 0.391 e. The van der Waals surface area contributed by atoms with Gasteiger partial charge in [0.2, 0.25) is 5.91 Å². The van der Waals surface area contributed by atoms with E-state index in [2.05, 4.69) is 20.9 Å².